The first-order chi connectivity index (χ1) is 5.11. The number of carbonyl (C=O) groups excluding carboxylic acids is 2. The van der Waals surface area contributed by atoms with Crippen molar-refractivity contribution in [3.05, 3.63) is 0 Å². The molecule has 0 aromatic rings. The third-order valence-electron chi connectivity index (χ3n) is 1.12. The van der Waals surface area contributed by atoms with Gasteiger partial charge in [-0.05, 0) is 0 Å². The van der Waals surface area contributed by atoms with E-state index in [9.17, 15) is 9.59 Å². The van der Waals surface area contributed by atoms with Crippen LogP contribution in [0.2, 0.25) is 0 Å². The van der Waals surface area contributed by atoms with Gasteiger partial charge in [-0.25, -0.2) is 0 Å². The van der Waals surface area contributed by atoms with Gasteiger partial charge in [-0.2, -0.15) is 0 Å². The minimum absolute atomic E-state index is 0.150. The number of rotatable bonds is 3. The summed E-state index contributed by atoms with van der Waals surface area (Å²) in [6.45, 7) is 0. The van der Waals surface area contributed by atoms with Gasteiger partial charge in [0.15, 0.2) is 0 Å². The van der Waals surface area contributed by atoms with E-state index in [-0.39, 0.29) is 6.42 Å². The molecule has 0 aliphatic rings. The summed E-state index contributed by atoms with van der Waals surface area (Å²) < 4.78 is 8.57. The highest BCUT2D eigenvalue weighted by molar-refractivity contribution is 6.08. The van der Waals surface area contributed by atoms with Gasteiger partial charge in [0.2, 0.25) is 0 Å². The van der Waals surface area contributed by atoms with E-state index in [1.807, 2.05) is 0 Å². The van der Waals surface area contributed by atoms with Crippen LogP contribution < -0.4 is 5.73 Å². The molecular weight excluding hydrogens is 148 g/mol. The van der Waals surface area contributed by atoms with E-state index in [0.29, 0.717) is 0 Å². The normalized spacial score (nSPS) is 11.7. The molecule has 7 heteroatoms. The lowest BCUT2D eigenvalue weighted by Gasteiger charge is -2.07. The van der Waals surface area contributed by atoms with E-state index in [4.69, 9.17) is 5.73 Å². The van der Waals surface area contributed by atoms with E-state index >= 15 is 0 Å². The van der Waals surface area contributed by atoms with Crippen molar-refractivity contribution in [2.24, 2.45) is 5.73 Å². The Bertz CT molecular complexity index is 162. The Morgan fingerprint density at radius 2 is 1.91 bits per heavy atom. The van der Waals surface area contributed by atoms with Crippen molar-refractivity contribution >= 4 is 28.0 Å². The molecule has 60 valence electrons. The molecule has 0 aliphatic carbocycles. The van der Waals surface area contributed by atoms with Gasteiger partial charge in [0, 0.05) is 0 Å². The Morgan fingerprint density at radius 1 is 1.36 bits per heavy atom. The van der Waals surface area contributed by atoms with Crippen LogP contribution in [0.4, 0.5) is 0 Å². The first-order valence-electron chi connectivity index (χ1n) is 3.02. The molecule has 0 aromatic heterocycles. The zero-order chi connectivity index (χ0) is 8.85. The molecule has 2 N–H and O–H groups in total. The minimum Gasteiger partial charge on any atom is -0.543 e. The van der Waals surface area contributed by atoms with Crippen LogP contribution in [0.3, 0.4) is 0 Å². The molecule has 0 fully saturated rings. The molecule has 0 unspecified atom stereocenters. The van der Waals surface area contributed by atoms with Crippen molar-refractivity contribution in [3.63, 3.8) is 0 Å². The Balaban J connectivity index is 3.77. The van der Waals surface area contributed by atoms with Crippen molar-refractivity contribution in [1.29, 1.82) is 0 Å². The Hall–Kier alpha value is -0.970. The van der Waals surface area contributed by atoms with Gasteiger partial charge in [0.25, 0.3) is 5.97 Å². The van der Waals surface area contributed by atoms with Crippen molar-refractivity contribution < 1.29 is 18.9 Å². The summed E-state index contributed by atoms with van der Waals surface area (Å²) in [7, 11) is 2.44. The summed E-state index contributed by atoms with van der Waals surface area (Å²) in [6, 6.07) is -0.924. The smallest absolute Gasteiger partial charge is 0.326 e. The average molecular weight is 157 g/mol. The highest BCUT2D eigenvalue weighted by Crippen LogP contribution is 1.92. The third-order valence-corrected chi connectivity index (χ3v) is 1.12. The molecule has 0 rings (SSSR count). The van der Waals surface area contributed by atoms with Crippen molar-refractivity contribution in [1.82, 2.24) is 0 Å². The minimum atomic E-state index is -0.924. The zero-order valence-electron chi connectivity index (χ0n) is 6.49. The topological polar surface area (TPSA) is 78.6 Å². The van der Waals surface area contributed by atoms with Crippen LogP contribution in [0, 0.1) is 0 Å². The Labute approximate surface area is 66.1 Å². The summed E-state index contributed by atoms with van der Waals surface area (Å²) in [4.78, 5) is 21.1. The van der Waals surface area contributed by atoms with Gasteiger partial charge < -0.3 is 15.0 Å². The number of hydrogen-bond donors (Lipinski definition) is 1. The summed E-state index contributed by atoms with van der Waals surface area (Å²) >= 11 is 0. The molecule has 1 atom stereocenters. The van der Waals surface area contributed by atoms with Gasteiger partial charge in [-0.15, -0.1) is 0 Å². The second-order valence-corrected chi connectivity index (χ2v) is 1.91. The van der Waals surface area contributed by atoms with Crippen LogP contribution >= 0.6 is 0 Å². The Morgan fingerprint density at radius 3 is 2.27 bits per heavy atom. The molecule has 5 nitrogen and oxygen atoms in total. The second-order valence-electron chi connectivity index (χ2n) is 1.91. The maximum Gasteiger partial charge on any atom is 0.326 e. The number of carbonyl (C=O) groups is 2. The van der Waals surface area contributed by atoms with Crippen molar-refractivity contribution in [2.45, 2.75) is 12.5 Å². The predicted molar refractivity (Wildman–Crippen MR) is 41.9 cm³/mol. The van der Waals surface area contributed by atoms with Crippen LogP contribution in [0.1, 0.15) is 6.42 Å². The fraction of sp³-hybridized carbons (Fsp3) is 0.500. The lowest BCUT2D eigenvalue weighted by molar-refractivity contribution is -0.141. The highest BCUT2D eigenvalue weighted by atomic mass is 16.5. The van der Waals surface area contributed by atoms with E-state index < -0.39 is 18.0 Å². The maximum atomic E-state index is 10.6. The molecule has 0 radical (unpaired) electrons. The van der Waals surface area contributed by atoms with Gasteiger partial charge in [0.1, 0.15) is 6.04 Å². The molecule has 0 bridgehead atoms. The van der Waals surface area contributed by atoms with Crippen LogP contribution in [0.15, 0.2) is 0 Å². The van der Waals surface area contributed by atoms with Crippen LogP contribution in [-0.2, 0) is 18.9 Å². The van der Waals surface area contributed by atoms with Crippen LogP contribution in [-0.4, -0.2) is 34.1 Å². The molecule has 0 aromatic carbocycles. The fourth-order valence-corrected chi connectivity index (χ4v) is 0.498. The summed E-state index contributed by atoms with van der Waals surface area (Å²) in [5.74, 6) is -1.14. The van der Waals surface area contributed by atoms with E-state index in [2.05, 4.69) is 9.31 Å². The zero-order valence-corrected chi connectivity index (χ0v) is 6.49. The monoisotopic (exact) mass is 157 g/mol. The quantitative estimate of drug-likeness (QED) is 0.438. The lowest BCUT2D eigenvalue weighted by Crippen LogP contribution is -2.34. The highest BCUT2D eigenvalue weighted by Gasteiger charge is 2.16. The number of nitrogens with two attached hydrogens (primary N) is 1. The fourth-order valence-electron chi connectivity index (χ4n) is 0.498. The van der Waals surface area contributed by atoms with Gasteiger partial charge in [0.05, 0.1) is 6.42 Å². The third kappa shape index (κ3) is 3.67. The van der Waals surface area contributed by atoms with Gasteiger partial charge >= 0.3 is 22.1 Å². The molecule has 0 aliphatic heterocycles. The molecular formula is C4H9B2NO4. The number of hydrogen-bond acceptors (Lipinski definition) is 5. The lowest BCUT2D eigenvalue weighted by atomic mass is 10.2. The summed E-state index contributed by atoms with van der Waals surface area (Å²) in [6.07, 6.45) is -0.150. The maximum absolute atomic E-state index is 10.6. The first kappa shape index (κ1) is 10.0. The van der Waals surface area contributed by atoms with Crippen LogP contribution in [0.5, 0.6) is 0 Å². The summed E-state index contributed by atoms with van der Waals surface area (Å²) in [5, 5.41) is 0. The molecule has 11 heavy (non-hydrogen) atoms. The second kappa shape index (κ2) is 4.79. The standard InChI is InChI=1S/C4H9B2NO4/c5-10-3(8)1-2(7)4(9)11-6/h2H,1,5-7H2/t2-/m0/s1. The molecule has 0 heterocycles. The molecule has 0 spiro atoms. The average Bonchev–Trinajstić information content (AvgIpc) is 2.02. The molecule has 0 saturated heterocycles. The van der Waals surface area contributed by atoms with Crippen LogP contribution in [0.25, 0.3) is 0 Å². The largest absolute Gasteiger partial charge is 0.543 e. The SMILES string of the molecule is BOC(=O)C[C@H](N)C(=O)OB. The van der Waals surface area contributed by atoms with E-state index in [0.717, 1.165) is 0 Å². The van der Waals surface area contributed by atoms with E-state index in [1.165, 1.54) is 16.1 Å². The van der Waals surface area contributed by atoms with Gasteiger partial charge in [-0.1, -0.05) is 0 Å². The van der Waals surface area contributed by atoms with Crippen molar-refractivity contribution in [3.8, 4) is 0 Å². The molecule has 0 saturated carbocycles. The van der Waals surface area contributed by atoms with E-state index in [1.54, 1.807) is 0 Å². The first-order valence-corrected chi connectivity index (χ1v) is 3.02. The van der Waals surface area contributed by atoms with Gasteiger partial charge in [-0.3, -0.25) is 9.59 Å². The molecule has 0 amide bonds. The summed E-state index contributed by atoms with van der Waals surface area (Å²) in [5.41, 5.74) is 5.23. The van der Waals surface area contributed by atoms with Crippen molar-refractivity contribution in [2.75, 3.05) is 0 Å². The Kier molecular flexibility index (Phi) is 4.36. The predicted octanol–water partition coefficient (Wildman–Crippen LogP) is -3.11.